The van der Waals surface area contributed by atoms with Crippen LogP contribution in [0, 0.1) is 0 Å². The molecular weight excluding hydrogens is 311 g/mol. The zero-order chi connectivity index (χ0) is 13.8. The van der Waals surface area contributed by atoms with Gasteiger partial charge < -0.3 is 10.1 Å². The molecule has 1 unspecified atom stereocenters. The van der Waals surface area contributed by atoms with Gasteiger partial charge in [-0.25, -0.2) is 0 Å². The third kappa shape index (κ3) is 4.49. The van der Waals surface area contributed by atoms with Gasteiger partial charge in [0.25, 0.3) is 0 Å². The third-order valence-electron chi connectivity index (χ3n) is 2.44. The van der Waals surface area contributed by atoms with Gasteiger partial charge in [0.1, 0.15) is 5.75 Å². The molecule has 0 bridgehead atoms. The van der Waals surface area contributed by atoms with Gasteiger partial charge in [0, 0.05) is 6.04 Å². The van der Waals surface area contributed by atoms with Crippen LogP contribution in [0.3, 0.4) is 0 Å². The van der Waals surface area contributed by atoms with Gasteiger partial charge in [0.05, 0.1) is 17.5 Å². The summed E-state index contributed by atoms with van der Waals surface area (Å²) in [5.41, 5.74) is 0.574. The molecule has 1 atom stereocenters. The Labute approximate surface area is 113 Å². The lowest BCUT2D eigenvalue weighted by Gasteiger charge is -2.19. The Bertz CT molecular complexity index is 395. The van der Waals surface area contributed by atoms with E-state index in [1.54, 1.807) is 18.2 Å². The summed E-state index contributed by atoms with van der Waals surface area (Å²) in [6.45, 7) is 2.36. The number of hydrogen-bond acceptors (Lipinski definition) is 2. The number of rotatable bonds is 5. The standard InChI is InChI=1S/C12H15BrF3NO/c1-3-18-11-5-4-8(6-9(11)13)10(17-2)7-12(14,15)16/h4-6,10,17H,3,7H2,1-2H3. The molecular formula is C12H15BrF3NO. The fourth-order valence-electron chi connectivity index (χ4n) is 1.62. The van der Waals surface area contributed by atoms with E-state index in [4.69, 9.17) is 4.74 Å². The van der Waals surface area contributed by atoms with Gasteiger partial charge in [-0.1, -0.05) is 6.07 Å². The van der Waals surface area contributed by atoms with Gasteiger partial charge in [0.15, 0.2) is 0 Å². The van der Waals surface area contributed by atoms with E-state index in [1.807, 2.05) is 6.92 Å². The van der Waals surface area contributed by atoms with Crippen LogP contribution in [-0.2, 0) is 0 Å². The average molecular weight is 326 g/mol. The summed E-state index contributed by atoms with van der Waals surface area (Å²) >= 11 is 3.29. The van der Waals surface area contributed by atoms with Crippen molar-refractivity contribution in [3.63, 3.8) is 0 Å². The highest BCUT2D eigenvalue weighted by Gasteiger charge is 2.32. The molecule has 1 aromatic carbocycles. The first-order valence-electron chi connectivity index (χ1n) is 5.53. The number of alkyl halides is 3. The van der Waals surface area contributed by atoms with E-state index in [2.05, 4.69) is 21.2 Å². The lowest BCUT2D eigenvalue weighted by molar-refractivity contribution is -0.140. The molecule has 1 N–H and O–H groups in total. The van der Waals surface area contributed by atoms with Gasteiger partial charge >= 0.3 is 6.18 Å². The number of halogens is 4. The van der Waals surface area contributed by atoms with Gasteiger partial charge in [-0.3, -0.25) is 0 Å². The molecule has 18 heavy (non-hydrogen) atoms. The summed E-state index contributed by atoms with van der Waals surface area (Å²) < 4.78 is 43.2. The molecule has 2 nitrogen and oxygen atoms in total. The Morgan fingerprint density at radius 3 is 2.50 bits per heavy atom. The predicted octanol–water partition coefficient (Wildman–Crippen LogP) is 4.06. The summed E-state index contributed by atoms with van der Waals surface area (Å²) in [6.07, 6.45) is -5.09. The van der Waals surface area contributed by atoms with Crippen LogP contribution in [0.15, 0.2) is 22.7 Å². The highest BCUT2D eigenvalue weighted by molar-refractivity contribution is 9.10. The fraction of sp³-hybridized carbons (Fsp3) is 0.500. The van der Waals surface area contributed by atoms with Crippen LogP contribution < -0.4 is 10.1 Å². The van der Waals surface area contributed by atoms with Crippen molar-refractivity contribution in [1.82, 2.24) is 5.32 Å². The molecule has 0 aromatic heterocycles. The van der Waals surface area contributed by atoms with Gasteiger partial charge in [0.2, 0.25) is 0 Å². The molecule has 0 heterocycles. The number of ether oxygens (including phenoxy) is 1. The lowest BCUT2D eigenvalue weighted by atomic mass is 10.0. The molecule has 102 valence electrons. The van der Waals surface area contributed by atoms with Crippen LogP contribution in [0.5, 0.6) is 5.75 Å². The normalized spacial score (nSPS) is 13.4. The second kappa shape index (κ2) is 6.43. The zero-order valence-electron chi connectivity index (χ0n) is 10.1. The Balaban J connectivity index is 2.90. The van der Waals surface area contributed by atoms with E-state index in [0.29, 0.717) is 22.4 Å². The topological polar surface area (TPSA) is 21.3 Å². The maximum atomic E-state index is 12.4. The summed E-state index contributed by atoms with van der Waals surface area (Å²) in [4.78, 5) is 0. The number of nitrogens with one attached hydrogen (secondary N) is 1. The largest absolute Gasteiger partial charge is 0.493 e. The van der Waals surface area contributed by atoms with Crippen molar-refractivity contribution < 1.29 is 17.9 Å². The van der Waals surface area contributed by atoms with Crippen LogP contribution in [0.2, 0.25) is 0 Å². The molecule has 0 amide bonds. The SMILES string of the molecule is CCOc1ccc(C(CC(F)(F)F)NC)cc1Br. The average Bonchev–Trinajstić information content (AvgIpc) is 2.28. The Kier molecular flexibility index (Phi) is 5.47. The minimum absolute atomic E-state index is 0.510. The second-order valence-electron chi connectivity index (χ2n) is 3.78. The maximum Gasteiger partial charge on any atom is 0.390 e. The smallest absolute Gasteiger partial charge is 0.390 e. The molecule has 0 saturated carbocycles. The van der Waals surface area contributed by atoms with Crippen LogP contribution in [0.25, 0.3) is 0 Å². The van der Waals surface area contributed by atoms with Crippen molar-refractivity contribution in [3.05, 3.63) is 28.2 Å². The van der Waals surface area contributed by atoms with E-state index in [-0.39, 0.29) is 0 Å². The van der Waals surface area contributed by atoms with Gasteiger partial charge in [-0.2, -0.15) is 13.2 Å². The first-order chi connectivity index (χ1) is 8.37. The van der Waals surface area contributed by atoms with Gasteiger partial charge in [-0.05, 0) is 47.6 Å². The molecule has 0 aliphatic carbocycles. The molecule has 0 saturated heterocycles. The second-order valence-corrected chi connectivity index (χ2v) is 4.64. The van der Waals surface area contributed by atoms with Crippen LogP contribution in [0.1, 0.15) is 24.9 Å². The van der Waals surface area contributed by atoms with E-state index in [0.717, 1.165) is 0 Å². The summed E-state index contributed by atoms with van der Waals surface area (Å²) in [5.74, 6) is 0.628. The molecule has 1 aromatic rings. The zero-order valence-corrected chi connectivity index (χ0v) is 11.7. The highest BCUT2D eigenvalue weighted by Crippen LogP contribution is 2.33. The Morgan fingerprint density at radius 1 is 1.39 bits per heavy atom. The van der Waals surface area contributed by atoms with Crippen molar-refractivity contribution >= 4 is 15.9 Å². The van der Waals surface area contributed by atoms with E-state index in [9.17, 15) is 13.2 Å². The minimum atomic E-state index is -4.20. The minimum Gasteiger partial charge on any atom is -0.493 e. The van der Waals surface area contributed by atoms with Crippen molar-refractivity contribution in [3.8, 4) is 5.75 Å². The molecule has 1 rings (SSSR count). The van der Waals surface area contributed by atoms with Crippen molar-refractivity contribution in [2.45, 2.75) is 25.6 Å². The van der Waals surface area contributed by atoms with Crippen LogP contribution >= 0.6 is 15.9 Å². The van der Waals surface area contributed by atoms with Crippen molar-refractivity contribution in [2.75, 3.05) is 13.7 Å². The predicted molar refractivity (Wildman–Crippen MR) is 67.8 cm³/mol. The van der Waals surface area contributed by atoms with Gasteiger partial charge in [-0.15, -0.1) is 0 Å². The molecule has 6 heteroatoms. The highest BCUT2D eigenvalue weighted by atomic mass is 79.9. The summed E-state index contributed by atoms with van der Waals surface area (Å²) in [5, 5.41) is 2.67. The van der Waals surface area contributed by atoms with Crippen LogP contribution in [-0.4, -0.2) is 19.8 Å². The molecule has 0 radical (unpaired) electrons. The Hall–Kier alpha value is -0.750. The summed E-state index contributed by atoms with van der Waals surface area (Å²) in [6, 6.07) is 4.21. The quantitative estimate of drug-likeness (QED) is 0.881. The lowest BCUT2D eigenvalue weighted by Crippen LogP contribution is -2.23. The molecule has 0 fully saturated rings. The molecule has 0 aliphatic heterocycles. The van der Waals surface area contributed by atoms with E-state index >= 15 is 0 Å². The fourth-order valence-corrected chi connectivity index (χ4v) is 2.14. The monoisotopic (exact) mass is 325 g/mol. The first kappa shape index (κ1) is 15.3. The molecule has 0 spiro atoms. The van der Waals surface area contributed by atoms with Crippen molar-refractivity contribution in [1.29, 1.82) is 0 Å². The maximum absolute atomic E-state index is 12.4. The number of benzene rings is 1. The van der Waals surface area contributed by atoms with E-state index in [1.165, 1.54) is 7.05 Å². The molecule has 0 aliphatic rings. The third-order valence-corrected chi connectivity index (χ3v) is 3.06. The number of hydrogen-bond donors (Lipinski definition) is 1. The Morgan fingerprint density at radius 2 is 2.06 bits per heavy atom. The summed E-state index contributed by atoms with van der Waals surface area (Å²) in [7, 11) is 1.51. The van der Waals surface area contributed by atoms with Crippen LogP contribution in [0.4, 0.5) is 13.2 Å². The first-order valence-corrected chi connectivity index (χ1v) is 6.33. The van der Waals surface area contributed by atoms with E-state index < -0.39 is 18.6 Å². The van der Waals surface area contributed by atoms with Crippen molar-refractivity contribution in [2.24, 2.45) is 0 Å².